The van der Waals surface area contributed by atoms with Gasteiger partial charge in [-0.2, -0.15) is 0 Å². The number of sulfonamides is 1. The van der Waals surface area contributed by atoms with Gasteiger partial charge in [0.2, 0.25) is 5.91 Å². The lowest BCUT2D eigenvalue weighted by atomic mass is 10.2. The largest absolute Gasteiger partial charge is 0.343 e. The van der Waals surface area contributed by atoms with Crippen LogP contribution >= 0.6 is 0 Å². The highest BCUT2D eigenvalue weighted by Crippen LogP contribution is 2.23. The van der Waals surface area contributed by atoms with Crippen LogP contribution in [-0.2, 0) is 14.8 Å². The van der Waals surface area contributed by atoms with Crippen molar-refractivity contribution in [2.75, 3.05) is 23.2 Å². The van der Waals surface area contributed by atoms with Crippen molar-refractivity contribution in [3.05, 3.63) is 84.2 Å². The highest BCUT2D eigenvalue weighted by atomic mass is 32.2. The minimum Gasteiger partial charge on any atom is -0.343 e. The third-order valence-electron chi connectivity index (χ3n) is 4.51. The van der Waals surface area contributed by atoms with Crippen molar-refractivity contribution >= 4 is 33.2 Å². The van der Waals surface area contributed by atoms with Gasteiger partial charge in [-0.25, -0.2) is 8.42 Å². The fourth-order valence-electron chi connectivity index (χ4n) is 2.75. The Kier molecular flexibility index (Phi) is 6.66. The number of hydrogen-bond donors (Lipinski definition) is 2. The third-order valence-corrected chi connectivity index (χ3v) is 6.29. The maximum Gasteiger partial charge on any atom is 0.264 e. The SMILES string of the molecule is Cc1ccc(N(C)S(=O)(=O)c2cccc(C(=O)NCC(=O)Nc3cccnc3)c2)cc1. The zero-order chi connectivity index (χ0) is 22.4. The Bertz CT molecular complexity index is 1180. The summed E-state index contributed by atoms with van der Waals surface area (Å²) in [6.07, 6.45) is 3.06. The molecule has 2 amide bonds. The Morgan fingerprint density at radius 3 is 2.45 bits per heavy atom. The van der Waals surface area contributed by atoms with Gasteiger partial charge in [0, 0.05) is 18.8 Å². The van der Waals surface area contributed by atoms with Crippen LogP contribution in [0.5, 0.6) is 0 Å². The average Bonchev–Trinajstić information content (AvgIpc) is 2.78. The van der Waals surface area contributed by atoms with Crippen molar-refractivity contribution in [3.8, 4) is 0 Å². The molecule has 0 radical (unpaired) electrons. The van der Waals surface area contributed by atoms with E-state index in [1.807, 2.05) is 19.1 Å². The van der Waals surface area contributed by atoms with Gasteiger partial charge < -0.3 is 10.6 Å². The van der Waals surface area contributed by atoms with Crippen LogP contribution in [0.3, 0.4) is 0 Å². The first kappa shape index (κ1) is 22.0. The lowest BCUT2D eigenvalue weighted by molar-refractivity contribution is -0.115. The van der Waals surface area contributed by atoms with Crippen LogP contribution < -0.4 is 14.9 Å². The van der Waals surface area contributed by atoms with Gasteiger partial charge in [-0.1, -0.05) is 23.8 Å². The molecule has 0 spiro atoms. The maximum absolute atomic E-state index is 13.0. The molecule has 0 atom stereocenters. The van der Waals surface area contributed by atoms with Crippen molar-refractivity contribution in [3.63, 3.8) is 0 Å². The first-order valence-corrected chi connectivity index (χ1v) is 10.8. The standard InChI is InChI=1S/C22H22N4O4S/c1-16-8-10-19(11-9-16)26(2)31(29,30)20-7-3-5-17(13-20)22(28)24-15-21(27)25-18-6-4-12-23-14-18/h3-14H,15H2,1-2H3,(H,24,28)(H,25,27). The molecule has 3 aromatic rings. The van der Waals surface area contributed by atoms with Crippen LogP contribution in [0.25, 0.3) is 0 Å². The molecule has 2 N–H and O–H groups in total. The van der Waals surface area contributed by atoms with Gasteiger partial charge in [0.15, 0.2) is 0 Å². The van der Waals surface area contributed by atoms with Crippen LogP contribution in [0.4, 0.5) is 11.4 Å². The van der Waals surface area contributed by atoms with Crippen molar-refractivity contribution in [2.45, 2.75) is 11.8 Å². The topological polar surface area (TPSA) is 108 Å². The van der Waals surface area contributed by atoms with Crippen LogP contribution in [0, 0.1) is 6.92 Å². The molecule has 0 aliphatic heterocycles. The normalized spacial score (nSPS) is 10.9. The second kappa shape index (κ2) is 9.40. The van der Waals surface area contributed by atoms with Crippen molar-refractivity contribution in [1.82, 2.24) is 10.3 Å². The first-order valence-electron chi connectivity index (χ1n) is 9.41. The number of nitrogens with zero attached hydrogens (tertiary/aromatic N) is 2. The van der Waals surface area contributed by atoms with Gasteiger partial charge in [0.1, 0.15) is 0 Å². The number of anilines is 2. The summed E-state index contributed by atoms with van der Waals surface area (Å²) in [6.45, 7) is 1.64. The quantitative estimate of drug-likeness (QED) is 0.589. The average molecular weight is 439 g/mol. The summed E-state index contributed by atoms with van der Waals surface area (Å²) in [5.74, 6) is -0.986. The van der Waals surface area contributed by atoms with E-state index in [-0.39, 0.29) is 17.0 Å². The van der Waals surface area contributed by atoms with Crippen LogP contribution in [0.15, 0.2) is 78.0 Å². The number of amides is 2. The Morgan fingerprint density at radius 2 is 1.77 bits per heavy atom. The highest BCUT2D eigenvalue weighted by Gasteiger charge is 2.22. The number of carbonyl (C=O) groups excluding carboxylic acids is 2. The van der Waals surface area contributed by atoms with Crippen molar-refractivity contribution in [1.29, 1.82) is 0 Å². The monoisotopic (exact) mass is 438 g/mol. The molecular weight excluding hydrogens is 416 g/mol. The summed E-state index contributed by atoms with van der Waals surface area (Å²) >= 11 is 0. The number of hydrogen-bond acceptors (Lipinski definition) is 5. The number of benzene rings is 2. The molecule has 0 saturated heterocycles. The molecule has 8 nitrogen and oxygen atoms in total. The first-order chi connectivity index (χ1) is 14.8. The summed E-state index contributed by atoms with van der Waals surface area (Å²) in [5.41, 5.74) is 2.16. The summed E-state index contributed by atoms with van der Waals surface area (Å²) < 4.78 is 27.1. The van der Waals surface area contributed by atoms with Gasteiger partial charge in [-0.05, 0) is 49.4 Å². The minimum absolute atomic E-state index is 0.0250. The predicted molar refractivity (Wildman–Crippen MR) is 118 cm³/mol. The lowest BCUT2D eigenvalue weighted by Crippen LogP contribution is -2.33. The van der Waals surface area contributed by atoms with Gasteiger partial charge in [0.25, 0.3) is 15.9 Å². The summed E-state index contributed by atoms with van der Waals surface area (Å²) in [7, 11) is -2.41. The molecule has 9 heteroatoms. The second-order valence-corrected chi connectivity index (χ2v) is 8.78. The molecule has 1 heterocycles. The maximum atomic E-state index is 13.0. The molecule has 0 unspecified atom stereocenters. The number of carbonyl (C=O) groups is 2. The lowest BCUT2D eigenvalue weighted by Gasteiger charge is -2.20. The van der Waals surface area contributed by atoms with E-state index in [1.54, 1.807) is 30.5 Å². The van der Waals surface area contributed by atoms with E-state index in [4.69, 9.17) is 0 Å². The predicted octanol–water partition coefficient (Wildman–Crippen LogP) is 2.58. The highest BCUT2D eigenvalue weighted by molar-refractivity contribution is 7.92. The minimum atomic E-state index is -3.87. The van der Waals surface area contributed by atoms with Gasteiger partial charge >= 0.3 is 0 Å². The van der Waals surface area contributed by atoms with E-state index in [2.05, 4.69) is 15.6 Å². The molecular formula is C22H22N4O4S. The molecule has 31 heavy (non-hydrogen) atoms. The molecule has 0 fully saturated rings. The molecule has 0 saturated carbocycles. The van der Waals surface area contributed by atoms with Crippen molar-refractivity contribution < 1.29 is 18.0 Å². The Morgan fingerprint density at radius 1 is 1.03 bits per heavy atom. The number of pyridine rings is 1. The van der Waals surface area contributed by atoms with Gasteiger partial charge in [-0.15, -0.1) is 0 Å². The summed E-state index contributed by atoms with van der Waals surface area (Å²) in [6, 6.07) is 16.1. The van der Waals surface area contributed by atoms with E-state index >= 15 is 0 Å². The number of aromatic nitrogens is 1. The molecule has 0 aliphatic carbocycles. The van der Waals surface area contributed by atoms with Crippen LogP contribution in [-0.4, -0.2) is 38.8 Å². The molecule has 0 bridgehead atoms. The van der Waals surface area contributed by atoms with E-state index in [0.29, 0.717) is 11.4 Å². The fraction of sp³-hybridized carbons (Fsp3) is 0.136. The van der Waals surface area contributed by atoms with Gasteiger partial charge in [0.05, 0.1) is 29.0 Å². The summed E-state index contributed by atoms with van der Waals surface area (Å²) in [4.78, 5) is 28.3. The number of nitrogens with one attached hydrogen (secondary N) is 2. The third kappa shape index (κ3) is 5.46. The molecule has 0 aliphatic rings. The van der Waals surface area contributed by atoms with Crippen LogP contribution in [0.1, 0.15) is 15.9 Å². The van der Waals surface area contributed by atoms with Crippen LogP contribution in [0.2, 0.25) is 0 Å². The van der Waals surface area contributed by atoms with Crippen molar-refractivity contribution in [2.24, 2.45) is 0 Å². The van der Waals surface area contributed by atoms with E-state index < -0.39 is 21.8 Å². The van der Waals surface area contributed by atoms with E-state index in [1.165, 1.54) is 37.5 Å². The molecule has 1 aromatic heterocycles. The van der Waals surface area contributed by atoms with E-state index in [0.717, 1.165) is 9.87 Å². The Hall–Kier alpha value is -3.72. The molecule has 160 valence electrons. The summed E-state index contributed by atoms with van der Waals surface area (Å²) in [5, 5.41) is 5.09. The second-order valence-electron chi connectivity index (χ2n) is 6.81. The Balaban J connectivity index is 1.69. The molecule has 2 aromatic carbocycles. The smallest absolute Gasteiger partial charge is 0.264 e. The zero-order valence-corrected chi connectivity index (χ0v) is 17.9. The Labute approximate surface area is 181 Å². The van der Waals surface area contributed by atoms with E-state index in [9.17, 15) is 18.0 Å². The number of rotatable bonds is 7. The molecule has 3 rings (SSSR count). The van der Waals surface area contributed by atoms with Gasteiger partial charge in [-0.3, -0.25) is 18.9 Å². The number of aryl methyl sites for hydroxylation is 1. The fourth-order valence-corrected chi connectivity index (χ4v) is 4.00. The zero-order valence-electron chi connectivity index (χ0n) is 17.1.